The molecule has 1 N–H and O–H groups in total. The summed E-state index contributed by atoms with van der Waals surface area (Å²) in [4.78, 5) is 22.8. The lowest BCUT2D eigenvalue weighted by atomic mass is 10.1. The summed E-state index contributed by atoms with van der Waals surface area (Å²) in [6, 6.07) is 11.5. The number of para-hydroxylation sites is 1. The van der Waals surface area contributed by atoms with Crippen LogP contribution in [-0.4, -0.2) is 30.2 Å². The van der Waals surface area contributed by atoms with Gasteiger partial charge in [-0.1, -0.05) is 24.6 Å². The van der Waals surface area contributed by atoms with Gasteiger partial charge in [0.25, 0.3) is 5.91 Å². The van der Waals surface area contributed by atoms with E-state index < -0.39 is 0 Å². The zero-order valence-corrected chi connectivity index (χ0v) is 17.0. The molecule has 0 unspecified atom stereocenters. The number of carbonyl (C=O) groups excluding carboxylic acids is 1. The molecule has 7 nitrogen and oxygen atoms in total. The molecule has 4 aromatic rings. The predicted octanol–water partition coefficient (Wildman–Crippen LogP) is 3.96. The number of imidazole rings is 1. The monoisotopic (exact) mass is 400 g/mol. The van der Waals surface area contributed by atoms with Crippen molar-refractivity contribution in [2.45, 2.75) is 45.7 Å². The van der Waals surface area contributed by atoms with Crippen LogP contribution in [0.1, 0.15) is 46.7 Å². The third kappa shape index (κ3) is 3.47. The minimum absolute atomic E-state index is 0.160. The number of nitrogens with one attached hydrogen (secondary N) is 1. The van der Waals surface area contributed by atoms with Gasteiger partial charge in [-0.05, 0) is 43.5 Å². The molecule has 0 fully saturated rings. The fourth-order valence-corrected chi connectivity index (χ4v) is 4.13. The van der Waals surface area contributed by atoms with Gasteiger partial charge in [0.2, 0.25) is 0 Å². The van der Waals surface area contributed by atoms with Gasteiger partial charge in [0.15, 0.2) is 5.65 Å². The quantitative estimate of drug-likeness (QED) is 0.562. The van der Waals surface area contributed by atoms with Crippen LogP contribution in [0.15, 0.2) is 48.8 Å². The zero-order chi connectivity index (χ0) is 20.5. The third-order valence-electron chi connectivity index (χ3n) is 5.59. The van der Waals surface area contributed by atoms with Gasteiger partial charge in [-0.15, -0.1) is 0 Å². The second-order valence-corrected chi connectivity index (χ2v) is 7.79. The molecule has 1 aliphatic heterocycles. The van der Waals surface area contributed by atoms with Crippen LogP contribution in [0, 0.1) is 6.92 Å². The van der Waals surface area contributed by atoms with E-state index in [1.54, 1.807) is 6.20 Å². The summed E-state index contributed by atoms with van der Waals surface area (Å²) in [6.07, 6.45) is 8.05. The number of pyridine rings is 1. The molecule has 1 amide bonds. The summed E-state index contributed by atoms with van der Waals surface area (Å²) in [7, 11) is 0. The smallest absolute Gasteiger partial charge is 0.258 e. The number of hydrogen-bond donors (Lipinski definition) is 1. The maximum atomic E-state index is 13.3. The largest absolute Gasteiger partial charge is 0.322 e. The van der Waals surface area contributed by atoms with E-state index in [2.05, 4.69) is 15.0 Å². The molecule has 30 heavy (non-hydrogen) atoms. The minimum atomic E-state index is -0.160. The average Bonchev–Trinajstić information content (AvgIpc) is 3.30. The molecule has 0 spiro atoms. The Kier molecular flexibility index (Phi) is 4.78. The number of aromatic nitrogens is 5. The summed E-state index contributed by atoms with van der Waals surface area (Å²) in [6.45, 7) is 3.43. The second-order valence-electron chi connectivity index (χ2n) is 7.79. The van der Waals surface area contributed by atoms with Crippen LogP contribution in [0.25, 0.3) is 11.2 Å². The maximum Gasteiger partial charge on any atom is 0.258 e. The van der Waals surface area contributed by atoms with Crippen LogP contribution in [0.5, 0.6) is 0 Å². The van der Waals surface area contributed by atoms with Crippen molar-refractivity contribution in [2.75, 3.05) is 5.32 Å². The molecule has 3 aromatic heterocycles. The second kappa shape index (κ2) is 7.74. The lowest BCUT2D eigenvalue weighted by molar-refractivity contribution is 0.102. The molecule has 0 radical (unpaired) electrons. The minimum Gasteiger partial charge on any atom is -0.322 e. The Morgan fingerprint density at radius 2 is 2.03 bits per heavy atom. The highest BCUT2D eigenvalue weighted by atomic mass is 16.1. The van der Waals surface area contributed by atoms with Gasteiger partial charge >= 0.3 is 0 Å². The van der Waals surface area contributed by atoms with Gasteiger partial charge in [-0.3, -0.25) is 9.48 Å². The standard InChI is InChI=1S/C23H24N6O/c1-16-14-18(21-22(25-16)29-13-6-2-3-10-20(29)27-21)23(30)26-19-9-5-4-8-17(19)15-28-12-7-11-24-28/h4-5,7-9,11-12,14H,2-3,6,10,13,15H2,1H3,(H,26,30). The summed E-state index contributed by atoms with van der Waals surface area (Å²) >= 11 is 0. The Labute approximate surface area is 174 Å². The first kappa shape index (κ1) is 18.5. The molecule has 0 atom stereocenters. The number of hydrogen-bond acceptors (Lipinski definition) is 4. The third-order valence-corrected chi connectivity index (χ3v) is 5.59. The molecular weight excluding hydrogens is 376 g/mol. The van der Waals surface area contributed by atoms with Gasteiger partial charge in [-0.25, -0.2) is 9.97 Å². The lowest BCUT2D eigenvalue weighted by Gasteiger charge is -2.12. The van der Waals surface area contributed by atoms with Gasteiger partial charge in [0.05, 0.1) is 12.1 Å². The maximum absolute atomic E-state index is 13.3. The van der Waals surface area contributed by atoms with Crippen molar-refractivity contribution in [3.63, 3.8) is 0 Å². The fourth-order valence-electron chi connectivity index (χ4n) is 4.13. The summed E-state index contributed by atoms with van der Waals surface area (Å²) in [5.74, 6) is 0.875. The molecule has 7 heteroatoms. The number of aryl methyl sites for hydroxylation is 3. The molecule has 0 aliphatic carbocycles. The van der Waals surface area contributed by atoms with Crippen LogP contribution >= 0.6 is 0 Å². The molecule has 152 valence electrons. The van der Waals surface area contributed by atoms with E-state index in [-0.39, 0.29) is 5.91 Å². The van der Waals surface area contributed by atoms with Crippen molar-refractivity contribution in [2.24, 2.45) is 0 Å². The number of carbonyl (C=O) groups is 1. The van der Waals surface area contributed by atoms with Crippen LogP contribution < -0.4 is 5.32 Å². The van der Waals surface area contributed by atoms with E-state index >= 15 is 0 Å². The highest BCUT2D eigenvalue weighted by Crippen LogP contribution is 2.25. The van der Waals surface area contributed by atoms with Crippen LogP contribution in [-0.2, 0) is 19.5 Å². The summed E-state index contributed by atoms with van der Waals surface area (Å²) in [5.41, 5.74) is 4.69. The van der Waals surface area contributed by atoms with Crippen molar-refractivity contribution in [1.82, 2.24) is 24.3 Å². The van der Waals surface area contributed by atoms with E-state index in [1.807, 2.05) is 54.2 Å². The number of anilines is 1. The number of rotatable bonds is 4. The van der Waals surface area contributed by atoms with Crippen LogP contribution in [0.3, 0.4) is 0 Å². The number of amides is 1. The molecule has 1 aromatic carbocycles. The Hall–Kier alpha value is -3.48. The van der Waals surface area contributed by atoms with Crippen molar-refractivity contribution in [3.8, 4) is 0 Å². The highest BCUT2D eigenvalue weighted by Gasteiger charge is 2.21. The van der Waals surface area contributed by atoms with E-state index in [9.17, 15) is 4.79 Å². The normalized spacial score (nSPS) is 13.8. The first-order chi connectivity index (χ1) is 14.7. The average molecular weight is 400 g/mol. The molecule has 0 bridgehead atoms. The fraction of sp³-hybridized carbons (Fsp3) is 0.304. The van der Waals surface area contributed by atoms with Gasteiger partial charge in [-0.2, -0.15) is 5.10 Å². The topological polar surface area (TPSA) is 77.6 Å². The number of fused-ring (bicyclic) bond motifs is 3. The SMILES string of the molecule is Cc1cc(C(=O)Nc2ccccc2Cn2cccn2)c2nc3n(c2n1)CCCCC3. The van der Waals surface area contributed by atoms with E-state index in [1.165, 1.54) is 6.42 Å². The van der Waals surface area contributed by atoms with Gasteiger partial charge in [0, 0.05) is 36.7 Å². The summed E-state index contributed by atoms with van der Waals surface area (Å²) in [5, 5.41) is 7.36. The van der Waals surface area contributed by atoms with Gasteiger partial charge < -0.3 is 9.88 Å². The van der Waals surface area contributed by atoms with Crippen molar-refractivity contribution in [1.29, 1.82) is 0 Å². The molecule has 4 heterocycles. The molecule has 0 saturated heterocycles. The predicted molar refractivity (Wildman–Crippen MR) is 116 cm³/mol. The van der Waals surface area contributed by atoms with Crippen molar-refractivity contribution < 1.29 is 4.79 Å². The Bertz CT molecular complexity index is 1210. The van der Waals surface area contributed by atoms with Crippen molar-refractivity contribution >= 4 is 22.8 Å². The first-order valence-electron chi connectivity index (χ1n) is 10.4. The van der Waals surface area contributed by atoms with E-state index in [0.717, 1.165) is 54.2 Å². The molecule has 0 saturated carbocycles. The number of benzene rings is 1. The lowest BCUT2D eigenvalue weighted by Crippen LogP contribution is -2.15. The molecule has 5 rings (SSSR count). The van der Waals surface area contributed by atoms with E-state index in [4.69, 9.17) is 9.97 Å². The number of nitrogens with zero attached hydrogens (tertiary/aromatic N) is 5. The molecular formula is C23H24N6O. The highest BCUT2D eigenvalue weighted by molar-refractivity contribution is 6.11. The Morgan fingerprint density at radius 1 is 1.13 bits per heavy atom. The van der Waals surface area contributed by atoms with E-state index in [0.29, 0.717) is 17.6 Å². The van der Waals surface area contributed by atoms with Crippen LogP contribution in [0.2, 0.25) is 0 Å². The Morgan fingerprint density at radius 3 is 2.90 bits per heavy atom. The first-order valence-corrected chi connectivity index (χ1v) is 10.4. The zero-order valence-electron chi connectivity index (χ0n) is 17.0. The summed E-state index contributed by atoms with van der Waals surface area (Å²) < 4.78 is 4.03. The van der Waals surface area contributed by atoms with Crippen LogP contribution in [0.4, 0.5) is 5.69 Å². The molecule has 1 aliphatic rings. The Balaban J connectivity index is 1.50. The van der Waals surface area contributed by atoms with Crippen molar-refractivity contribution in [3.05, 3.63) is 71.4 Å². The van der Waals surface area contributed by atoms with Gasteiger partial charge in [0.1, 0.15) is 11.3 Å².